The summed E-state index contributed by atoms with van der Waals surface area (Å²) in [6.07, 6.45) is -0.517. The molecule has 0 fully saturated rings. The van der Waals surface area contributed by atoms with E-state index < -0.39 is 24.4 Å². The van der Waals surface area contributed by atoms with E-state index in [1.807, 2.05) is 0 Å². The molecule has 3 aromatic rings. The highest BCUT2D eigenvalue weighted by Gasteiger charge is 2.44. The number of aliphatic hydroxyl groups excluding tert-OH is 1. The van der Waals surface area contributed by atoms with E-state index in [9.17, 15) is 23.1 Å². The Morgan fingerprint density at radius 1 is 0.973 bits per heavy atom. The summed E-state index contributed by atoms with van der Waals surface area (Å²) >= 11 is 0. The zero-order valence-electron chi connectivity index (χ0n) is 20.4. The third-order valence-corrected chi connectivity index (χ3v) is 5.66. The molecule has 0 saturated heterocycles. The van der Waals surface area contributed by atoms with E-state index in [-0.39, 0.29) is 33.7 Å². The van der Waals surface area contributed by atoms with Crippen molar-refractivity contribution in [1.29, 1.82) is 0 Å². The van der Waals surface area contributed by atoms with E-state index in [2.05, 4.69) is 31.3 Å². The zero-order chi connectivity index (χ0) is 27.2. The van der Waals surface area contributed by atoms with Crippen molar-refractivity contribution >= 4 is 52.3 Å². The van der Waals surface area contributed by atoms with Crippen LogP contribution >= 0.6 is 0 Å². The van der Waals surface area contributed by atoms with Gasteiger partial charge in [-0.3, -0.25) is 4.79 Å². The van der Waals surface area contributed by atoms with Crippen LogP contribution in [0.4, 0.5) is 13.2 Å². The Bertz CT molecular complexity index is 1680. The molecule has 8 bridgehead atoms. The Morgan fingerprint density at radius 2 is 1.54 bits per heavy atom. The molecule has 0 amide bonds. The second-order valence-corrected chi connectivity index (χ2v) is 8.46. The van der Waals surface area contributed by atoms with Crippen LogP contribution in [0.1, 0.15) is 54.4 Å². The fourth-order valence-electron chi connectivity index (χ4n) is 4.10. The highest BCUT2D eigenvalue weighted by molar-refractivity contribution is 5.79. The molecule has 188 valence electrons. The molecule has 37 heavy (non-hydrogen) atoms. The van der Waals surface area contributed by atoms with Crippen LogP contribution in [0.5, 0.6) is 0 Å². The van der Waals surface area contributed by atoms with E-state index in [1.54, 1.807) is 36.4 Å². The quantitative estimate of drug-likeness (QED) is 0.203. The molecule has 2 atom stereocenters. The van der Waals surface area contributed by atoms with E-state index >= 15 is 0 Å². The molecule has 5 heterocycles. The van der Waals surface area contributed by atoms with E-state index in [0.29, 0.717) is 28.3 Å². The van der Waals surface area contributed by atoms with Crippen molar-refractivity contribution in [3.63, 3.8) is 0 Å². The third-order valence-electron chi connectivity index (χ3n) is 5.66. The van der Waals surface area contributed by atoms with Gasteiger partial charge in [0.05, 0.1) is 30.3 Å². The average molecular weight is 507 g/mol. The molecular weight excluding hydrogens is 485 g/mol. The topological polar surface area (TPSA) is 104 Å². The number of carbonyl (C=O) groups excluding carboxylic acids is 1. The minimum Gasteiger partial charge on any atom is -0.448 e. The number of halogens is 3. The Labute approximate surface area is 210 Å². The van der Waals surface area contributed by atoms with Crippen LogP contribution < -0.4 is 0 Å². The molecule has 2 aliphatic rings. The van der Waals surface area contributed by atoms with Gasteiger partial charge < -0.3 is 19.8 Å². The van der Waals surface area contributed by atoms with Gasteiger partial charge in [-0.25, -0.2) is 9.97 Å². The molecule has 2 aliphatic heterocycles. The number of rotatable bonds is 4. The molecule has 0 aromatic carbocycles. The zero-order valence-corrected chi connectivity index (χ0v) is 19.4. The van der Waals surface area contributed by atoms with Crippen LogP contribution in [0.15, 0.2) is 49.0 Å². The molecule has 5 rings (SSSR count). The number of aliphatic hydroxyl groups is 1. The fourth-order valence-corrected chi connectivity index (χ4v) is 4.10. The van der Waals surface area contributed by atoms with Crippen LogP contribution in [0.25, 0.3) is 46.4 Å². The second kappa shape index (κ2) is 9.21. The van der Waals surface area contributed by atoms with Crippen molar-refractivity contribution in [3.05, 3.63) is 82.9 Å². The number of carbonyl (C=O) groups is 1. The number of nitrogens with zero attached hydrogens (tertiary/aromatic N) is 2. The monoisotopic (exact) mass is 507 g/mol. The predicted octanol–water partition coefficient (Wildman–Crippen LogP) is 6.04. The normalized spacial score (nSPS) is 14.8. The maximum absolute atomic E-state index is 14.0. The highest BCUT2D eigenvalue weighted by Crippen LogP contribution is 2.39. The first-order valence-corrected chi connectivity index (χ1v) is 11.2. The van der Waals surface area contributed by atoms with E-state index in [0.717, 1.165) is 6.92 Å². The molecule has 7 nitrogen and oxygen atoms in total. The summed E-state index contributed by atoms with van der Waals surface area (Å²) in [7, 11) is 0. The number of esters is 1. The van der Waals surface area contributed by atoms with Gasteiger partial charge in [-0.1, -0.05) is 6.08 Å². The Morgan fingerprint density at radius 3 is 2.14 bits per heavy atom. The minimum absolute atomic E-state index is 0.0185. The van der Waals surface area contributed by atoms with Gasteiger partial charge in [0, 0.05) is 40.1 Å². The first kappa shape index (κ1) is 23.0. The van der Waals surface area contributed by atoms with Gasteiger partial charge in [0.2, 0.25) is 6.10 Å². The standard InChI is InChI=1S/C27H21F3N4O3/c1-3-25(36)21-10-19-9-17-5-4-15(31-17)8-16-6-7-18(32-16)12-24-22(11-20(34-24)13-23(21)33-19)26(27(28,29)30)37-14(2)35/h3-13,25-26,33-34,36H,1H2,2H3/i10D. The van der Waals surface area contributed by atoms with Gasteiger partial charge in [0.15, 0.2) is 0 Å². The summed E-state index contributed by atoms with van der Waals surface area (Å²) < 4.78 is 55.3. The number of fused-ring (bicyclic) bond motifs is 8. The van der Waals surface area contributed by atoms with Crippen LogP contribution in [-0.4, -0.2) is 37.2 Å². The number of nitrogens with one attached hydrogen (secondary N) is 2. The smallest absolute Gasteiger partial charge is 0.429 e. The maximum Gasteiger partial charge on any atom is 0.429 e. The van der Waals surface area contributed by atoms with Crippen molar-refractivity contribution in [2.45, 2.75) is 25.3 Å². The van der Waals surface area contributed by atoms with Crippen molar-refractivity contribution in [3.8, 4) is 0 Å². The molecule has 3 N–H and O–H groups in total. The molecule has 2 unspecified atom stereocenters. The number of H-pyrrole nitrogens is 2. The molecular formula is C27H21F3N4O3. The first-order chi connectivity index (χ1) is 18.0. The van der Waals surface area contributed by atoms with Gasteiger partial charge in [-0.05, 0) is 60.7 Å². The van der Waals surface area contributed by atoms with E-state index in [4.69, 9.17) is 1.37 Å². The number of ether oxygens (including phenoxy) is 1. The number of aromatic amines is 2. The second-order valence-electron chi connectivity index (χ2n) is 8.46. The summed E-state index contributed by atoms with van der Waals surface area (Å²) in [4.78, 5) is 26.5. The molecule has 0 spiro atoms. The summed E-state index contributed by atoms with van der Waals surface area (Å²) in [5.41, 5.74) is 2.78. The van der Waals surface area contributed by atoms with Gasteiger partial charge in [0.25, 0.3) is 0 Å². The van der Waals surface area contributed by atoms with E-state index in [1.165, 1.54) is 24.3 Å². The molecule has 0 saturated carbocycles. The molecule has 3 aromatic heterocycles. The van der Waals surface area contributed by atoms with Crippen molar-refractivity contribution in [2.75, 3.05) is 0 Å². The van der Waals surface area contributed by atoms with Crippen LogP contribution in [0.2, 0.25) is 0 Å². The van der Waals surface area contributed by atoms with Gasteiger partial charge in [-0.2, -0.15) is 13.2 Å². The summed E-state index contributed by atoms with van der Waals surface area (Å²) in [6.45, 7) is 4.49. The van der Waals surface area contributed by atoms with Crippen LogP contribution in [-0.2, 0) is 9.53 Å². The minimum atomic E-state index is -4.89. The number of aromatic nitrogens is 4. The van der Waals surface area contributed by atoms with Crippen molar-refractivity contribution in [1.82, 2.24) is 19.9 Å². The third kappa shape index (κ3) is 5.10. The molecule has 0 aliphatic carbocycles. The largest absolute Gasteiger partial charge is 0.448 e. The van der Waals surface area contributed by atoms with Crippen molar-refractivity contribution < 1.29 is 29.2 Å². The van der Waals surface area contributed by atoms with Crippen LogP contribution in [0, 0.1) is 0 Å². The molecule has 0 radical (unpaired) electrons. The first-order valence-electron chi connectivity index (χ1n) is 11.7. The fraction of sp³-hybridized carbons (Fsp3) is 0.148. The lowest BCUT2D eigenvalue weighted by molar-refractivity contribution is -0.222. The lowest BCUT2D eigenvalue weighted by Crippen LogP contribution is -2.25. The number of hydrogen-bond donors (Lipinski definition) is 3. The number of hydrogen-bond acceptors (Lipinski definition) is 5. The molecule has 10 heteroatoms. The van der Waals surface area contributed by atoms with Gasteiger partial charge in [0.1, 0.15) is 0 Å². The summed E-state index contributed by atoms with van der Waals surface area (Å²) in [5, 5.41) is 10.5. The van der Waals surface area contributed by atoms with Crippen molar-refractivity contribution in [2.24, 2.45) is 0 Å². The number of alkyl halides is 3. The maximum atomic E-state index is 14.0. The Kier molecular flexibility index (Phi) is 5.72. The summed E-state index contributed by atoms with van der Waals surface area (Å²) in [5.74, 6) is -1.09. The van der Waals surface area contributed by atoms with Gasteiger partial charge in [-0.15, -0.1) is 6.58 Å². The summed E-state index contributed by atoms with van der Waals surface area (Å²) in [6, 6.07) is 7.42. The Hall–Kier alpha value is -4.44. The lowest BCUT2D eigenvalue weighted by atomic mass is 10.1. The van der Waals surface area contributed by atoms with Gasteiger partial charge >= 0.3 is 12.1 Å². The average Bonchev–Trinajstić information content (AvgIpc) is 3.61. The highest BCUT2D eigenvalue weighted by atomic mass is 19.4. The predicted molar refractivity (Wildman–Crippen MR) is 135 cm³/mol. The lowest BCUT2D eigenvalue weighted by Gasteiger charge is -2.19. The van der Waals surface area contributed by atoms with Crippen LogP contribution in [0.3, 0.4) is 0 Å². The Balaban J connectivity index is 1.90. The SMILES string of the molecule is [2H]c1c(C(O)C=C)c2cc3cc(C(OC(C)=O)C(F)(F)F)c(cc4nc(cc5nc(cc1[nH]2)C=C5)C=C4)[nH]3.